The molecule has 0 aliphatic carbocycles. The summed E-state index contributed by atoms with van der Waals surface area (Å²) in [5, 5.41) is 9.83. The summed E-state index contributed by atoms with van der Waals surface area (Å²) in [6, 6.07) is 0. The Kier molecular flexibility index (Phi) is 54.6. The number of unbranched alkanes of at least 4 members (excludes halogenated alkanes) is 10. The number of hydrogen-bond donors (Lipinski definition) is 2. The highest BCUT2D eigenvalue weighted by atomic mass is 31.2. The van der Waals surface area contributed by atoms with Crippen LogP contribution in [0.15, 0.2) is 158 Å². The molecule has 78 heavy (non-hydrogen) atoms. The number of phosphoric acid groups is 1. The van der Waals surface area contributed by atoms with Crippen molar-refractivity contribution < 1.29 is 52.2 Å². The predicted molar refractivity (Wildman–Crippen MR) is 325 cm³/mol. The van der Waals surface area contributed by atoms with Gasteiger partial charge in [0.05, 0.1) is 26.2 Å². The Morgan fingerprint density at radius 2 is 0.667 bits per heavy atom. The van der Waals surface area contributed by atoms with Gasteiger partial charge in [-0.2, -0.15) is 0 Å². The van der Waals surface area contributed by atoms with Crippen molar-refractivity contribution in [3.05, 3.63) is 158 Å². The smallest absolute Gasteiger partial charge is 0.461 e. The maximum Gasteiger partial charge on any atom is 0.472 e. The molecule has 3 atom stereocenters. The molecule has 12 heteroatoms. The third kappa shape index (κ3) is 55.8. The monoisotopic (exact) mass is 1100 g/mol. The van der Waals surface area contributed by atoms with Gasteiger partial charge in [-0.25, -0.2) is 4.57 Å². The van der Waals surface area contributed by atoms with Crippen molar-refractivity contribution in [1.82, 2.24) is 0 Å². The third-order valence-corrected chi connectivity index (χ3v) is 12.4. The molecule has 438 valence electrons. The number of phosphoric ester groups is 1. The number of aliphatic hydroxyl groups is 1. The molecule has 0 bridgehead atoms. The van der Waals surface area contributed by atoms with Crippen LogP contribution in [0.4, 0.5) is 0 Å². The van der Waals surface area contributed by atoms with Crippen LogP contribution in [0.2, 0.25) is 0 Å². The summed E-state index contributed by atoms with van der Waals surface area (Å²) in [7, 11) is -4.79. The number of hydrogen-bond acceptors (Lipinski definition) is 10. The van der Waals surface area contributed by atoms with Crippen LogP contribution in [0.3, 0.4) is 0 Å². The summed E-state index contributed by atoms with van der Waals surface area (Å²) < 4.78 is 39.4. The molecule has 0 aliphatic rings. The third-order valence-electron chi connectivity index (χ3n) is 11.5. The molecule has 0 saturated heterocycles. The molecule has 0 aromatic carbocycles. The molecule has 0 aliphatic heterocycles. The summed E-state index contributed by atoms with van der Waals surface area (Å²) in [5.74, 6) is -1.68. The van der Waals surface area contributed by atoms with Crippen LogP contribution in [-0.2, 0) is 42.2 Å². The molecule has 0 saturated carbocycles. The fourth-order valence-corrected chi connectivity index (χ4v) is 7.90. The first-order valence-electron chi connectivity index (χ1n) is 29.4. The lowest BCUT2D eigenvalue weighted by atomic mass is 10.1. The number of allylic oxidation sites excluding steroid dienone is 25. The first-order valence-corrected chi connectivity index (χ1v) is 30.9. The fourth-order valence-electron chi connectivity index (χ4n) is 7.12. The van der Waals surface area contributed by atoms with Gasteiger partial charge in [0, 0.05) is 12.8 Å². The normalized spacial score (nSPS) is 14.5. The number of esters is 3. The number of carbonyl (C=O) groups is 3. The van der Waals surface area contributed by atoms with Crippen molar-refractivity contribution in [3.8, 4) is 0 Å². The van der Waals surface area contributed by atoms with Crippen LogP contribution in [0.25, 0.3) is 0 Å². The standard InChI is InChI=1S/C66H103O11P/c1-4-7-10-13-16-19-22-25-28-30-31-33-36-39-42-45-48-51-54-57-66(70)77-63(59-73-64(68)55-52-49-46-43-40-37-34-27-24-21-18-15-12-9-6-3)61-75-78(71,72)74-60-62(58-67)76-65(69)56-53-50-47-44-41-38-35-32-29-26-23-20-17-14-11-8-5-2/h7-12,16-21,25-29,31,33-35,38,40,43,49,52,62-63,67H,4-6,13-15,22-24,30,32,36-37,39,41-42,44-48,50-51,53-61H2,1-3H3,(H,71,72)/b10-7-,11-8-,12-9-,19-16-,20-17-,21-18-,28-25-,29-26-,33-31-,34-27-,38-35-,43-40-,52-49-. The summed E-state index contributed by atoms with van der Waals surface area (Å²) in [6.07, 6.45) is 76.5. The van der Waals surface area contributed by atoms with Gasteiger partial charge in [0.15, 0.2) is 6.10 Å². The Labute approximate surface area is 473 Å². The lowest BCUT2D eigenvalue weighted by Crippen LogP contribution is -2.30. The zero-order chi connectivity index (χ0) is 56.9. The van der Waals surface area contributed by atoms with Gasteiger partial charge in [0.25, 0.3) is 0 Å². The highest BCUT2D eigenvalue weighted by Crippen LogP contribution is 2.43. The highest BCUT2D eigenvalue weighted by molar-refractivity contribution is 7.47. The number of ether oxygens (including phenoxy) is 3. The van der Waals surface area contributed by atoms with E-state index in [-0.39, 0.29) is 19.3 Å². The van der Waals surface area contributed by atoms with Crippen molar-refractivity contribution in [3.63, 3.8) is 0 Å². The van der Waals surface area contributed by atoms with E-state index in [1.165, 1.54) is 0 Å². The first kappa shape index (κ1) is 73.1. The van der Waals surface area contributed by atoms with E-state index in [9.17, 15) is 28.9 Å². The number of aliphatic hydroxyl groups excluding tert-OH is 1. The van der Waals surface area contributed by atoms with Gasteiger partial charge in [0.1, 0.15) is 12.7 Å². The van der Waals surface area contributed by atoms with Crippen LogP contribution < -0.4 is 0 Å². The highest BCUT2D eigenvalue weighted by Gasteiger charge is 2.28. The van der Waals surface area contributed by atoms with E-state index >= 15 is 0 Å². The number of carbonyl (C=O) groups excluding carboxylic acids is 3. The quantitative estimate of drug-likeness (QED) is 0.0197. The lowest BCUT2D eigenvalue weighted by molar-refractivity contribution is -0.161. The maximum absolute atomic E-state index is 12.9. The molecule has 0 aromatic rings. The van der Waals surface area contributed by atoms with Crippen LogP contribution in [0.5, 0.6) is 0 Å². The average molecular weight is 1100 g/mol. The summed E-state index contributed by atoms with van der Waals surface area (Å²) >= 11 is 0. The molecule has 0 spiro atoms. The minimum Gasteiger partial charge on any atom is -0.461 e. The fraction of sp³-hybridized carbons (Fsp3) is 0.561. The van der Waals surface area contributed by atoms with E-state index in [1.54, 1.807) is 6.08 Å². The van der Waals surface area contributed by atoms with Gasteiger partial charge in [0.2, 0.25) is 0 Å². The van der Waals surface area contributed by atoms with Crippen LogP contribution in [-0.4, -0.2) is 66.5 Å². The molecule has 0 aromatic heterocycles. The molecule has 0 heterocycles. The van der Waals surface area contributed by atoms with Crippen molar-refractivity contribution in [2.45, 2.75) is 213 Å². The zero-order valence-electron chi connectivity index (χ0n) is 48.3. The Bertz CT molecular complexity index is 1910. The Hall–Kier alpha value is -4.90. The van der Waals surface area contributed by atoms with E-state index in [1.807, 2.05) is 12.2 Å². The largest absolute Gasteiger partial charge is 0.472 e. The summed E-state index contributed by atoms with van der Waals surface area (Å²) in [4.78, 5) is 48.6. The van der Waals surface area contributed by atoms with E-state index in [2.05, 4.69) is 161 Å². The second-order valence-corrected chi connectivity index (χ2v) is 20.1. The predicted octanol–water partition coefficient (Wildman–Crippen LogP) is 17.7. The lowest BCUT2D eigenvalue weighted by Gasteiger charge is -2.21. The number of rotatable bonds is 52. The topological polar surface area (TPSA) is 155 Å². The molecule has 0 radical (unpaired) electrons. The zero-order valence-corrected chi connectivity index (χ0v) is 49.2. The molecular formula is C66H103O11P. The van der Waals surface area contributed by atoms with Crippen molar-refractivity contribution in [1.29, 1.82) is 0 Å². The van der Waals surface area contributed by atoms with Gasteiger partial charge < -0.3 is 24.2 Å². The molecule has 3 unspecified atom stereocenters. The average Bonchev–Trinajstić information content (AvgIpc) is 3.43. The van der Waals surface area contributed by atoms with Crippen LogP contribution >= 0.6 is 7.82 Å². The molecule has 0 fully saturated rings. The van der Waals surface area contributed by atoms with Crippen molar-refractivity contribution >= 4 is 25.7 Å². The Morgan fingerprint density at radius 3 is 1.03 bits per heavy atom. The first-order chi connectivity index (χ1) is 38.2. The molecule has 0 rings (SSSR count). The summed E-state index contributed by atoms with van der Waals surface area (Å²) in [5.41, 5.74) is 0. The van der Waals surface area contributed by atoms with Crippen LogP contribution in [0, 0.1) is 0 Å². The minimum absolute atomic E-state index is 0.0198. The Morgan fingerprint density at radius 1 is 0.372 bits per heavy atom. The van der Waals surface area contributed by atoms with Gasteiger partial charge in [-0.3, -0.25) is 23.4 Å². The molecule has 2 N–H and O–H groups in total. The van der Waals surface area contributed by atoms with E-state index < -0.39 is 64.4 Å². The van der Waals surface area contributed by atoms with Crippen LogP contribution in [0.1, 0.15) is 201 Å². The van der Waals surface area contributed by atoms with E-state index in [0.717, 1.165) is 141 Å². The molecular weight excluding hydrogens is 1000 g/mol. The van der Waals surface area contributed by atoms with E-state index in [0.29, 0.717) is 19.3 Å². The summed E-state index contributed by atoms with van der Waals surface area (Å²) in [6.45, 7) is 4.12. The van der Waals surface area contributed by atoms with E-state index in [4.69, 9.17) is 23.3 Å². The van der Waals surface area contributed by atoms with Crippen molar-refractivity contribution in [2.75, 3.05) is 26.4 Å². The van der Waals surface area contributed by atoms with Gasteiger partial charge >= 0.3 is 25.7 Å². The van der Waals surface area contributed by atoms with Gasteiger partial charge in [-0.1, -0.05) is 217 Å². The second-order valence-electron chi connectivity index (χ2n) is 18.7. The minimum atomic E-state index is -4.79. The van der Waals surface area contributed by atoms with Gasteiger partial charge in [-0.15, -0.1) is 0 Å². The van der Waals surface area contributed by atoms with Gasteiger partial charge in [-0.05, 0) is 122 Å². The Balaban J connectivity index is 4.88. The van der Waals surface area contributed by atoms with Crippen molar-refractivity contribution in [2.24, 2.45) is 0 Å². The molecule has 0 amide bonds. The molecule has 11 nitrogen and oxygen atoms in total. The second kappa shape index (κ2) is 58.3. The SMILES string of the molecule is CC/C=C\C/C=C\C/C=C\C/C=C\C/C=C\CC(=O)OCC(COP(=O)(O)OCC(CO)OC(=O)CCCCCC/C=C\C/C=C\C/C=C\C/C=C\CC)OC(=O)CCCCCCCC/C=C\C/C=C\C/C=C\C/C=C\CC. The maximum atomic E-state index is 12.9.